The summed E-state index contributed by atoms with van der Waals surface area (Å²) in [6.45, 7) is 8.65. The third-order valence-corrected chi connectivity index (χ3v) is 1.85. The number of hydrogen-bond donors (Lipinski definition) is 1. The summed E-state index contributed by atoms with van der Waals surface area (Å²) in [7, 11) is 0. The van der Waals surface area contributed by atoms with Crippen molar-refractivity contribution >= 4 is 0 Å². The van der Waals surface area contributed by atoms with Gasteiger partial charge in [-0.3, -0.25) is 0 Å². The van der Waals surface area contributed by atoms with Crippen molar-refractivity contribution in [1.82, 2.24) is 0 Å². The quantitative estimate of drug-likeness (QED) is 0.649. The van der Waals surface area contributed by atoms with Gasteiger partial charge >= 0.3 is 0 Å². The summed E-state index contributed by atoms with van der Waals surface area (Å²) < 4.78 is 5.47. The number of hydrogen-bond acceptors (Lipinski definition) is 2. The van der Waals surface area contributed by atoms with Crippen molar-refractivity contribution in [2.45, 2.75) is 65.1 Å². The van der Waals surface area contributed by atoms with Gasteiger partial charge in [0.25, 0.3) is 0 Å². The van der Waals surface area contributed by atoms with Crippen molar-refractivity contribution in [2.24, 2.45) is 0 Å². The molecule has 0 aromatic heterocycles. The van der Waals surface area contributed by atoms with Crippen LogP contribution >= 0.6 is 0 Å². The van der Waals surface area contributed by atoms with Gasteiger partial charge in [0.2, 0.25) is 0 Å². The highest BCUT2D eigenvalue weighted by atomic mass is 16.5. The third-order valence-electron chi connectivity index (χ3n) is 1.85. The van der Waals surface area contributed by atoms with Crippen LogP contribution in [0.3, 0.4) is 0 Å². The van der Waals surface area contributed by atoms with Crippen LogP contribution in [0.15, 0.2) is 0 Å². The number of aliphatic hydroxyl groups is 1. The predicted octanol–water partition coefficient (Wildman–Crippen LogP) is 2.74. The average molecular weight is 188 g/mol. The molecular formula is C11H24O2. The van der Waals surface area contributed by atoms with E-state index >= 15 is 0 Å². The first-order valence-corrected chi connectivity index (χ1v) is 5.27. The minimum Gasteiger partial charge on any atom is -0.391 e. The Balaban J connectivity index is 3.35. The van der Waals surface area contributed by atoms with Crippen LogP contribution in [0.5, 0.6) is 0 Å². The molecule has 0 amide bonds. The number of unbranched alkanes of at least 4 members (excludes halogenated alkanes) is 2. The Morgan fingerprint density at radius 2 is 1.85 bits per heavy atom. The number of aliphatic hydroxyl groups excluding tert-OH is 1. The Hall–Kier alpha value is -0.0800. The van der Waals surface area contributed by atoms with E-state index in [0.29, 0.717) is 6.61 Å². The fraction of sp³-hybridized carbons (Fsp3) is 1.00. The van der Waals surface area contributed by atoms with Gasteiger partial charge in [-0.15, -0.1) is 0 Å². The Morgan fingerprint density at radius 3 is 2.31 bits per heavy atom. The molecule has 13 heavy (non-hydrogen) atoms. The molecule has 1 N–H and O–H groups in total. The predicted molar refractivity (Wildman–Crippen MR) is 55.9 cm³/mol. The third kappa shape index (κ3) is 9.84. The zero-order valence-electron chi connectivity index (χ0n) is 9.47. The highest BCUT2D eigenvalue weighted by Gasteiger charge is 2.12. The fourth-order valence-electron chi connectivity index (χ4n) is 1.06. The molecule has 2 nitrogen and oxygen atoms in total. The number of rotatable bonds is 6. The van der Waals surface area contributed by atoms with Crippen molar-refractivity contribution in [3.63, 3.8) is 0 Å². The second kappa shape index (κ2) is 6.39. The molecular weight excluding hydrogens is 164 g/mol. The van der Waals surface area contributed by atoms with Crippen LogP contribution in [0.4, 0.5) is 0 Å². The Labute approximate surface area is 82.3 Å². The highest BCUT2D eigenvalue weighted by Crippen LogP contribution is 2.10. The van der Waals surface area contributed by atoms with E-state index in [0.717, 1.165) is 12.8 Å². The lowest BCUT2D eigenvalue weighted by Gasteiger charge is -2.21. The van der Waals surface area contributed by atoms with Crippen LogP contribution in [0.25, 0.3) is 0 Å². The van der Waals surface area contributed by atoms with Gasteiger partial charge in [-0.2, -0.15) is 0 Å². The summed E-state index contributed by atoms with van der Waals surface area (Å²) in [6, 6.07) is 0. The van der Waals surface area contributed by atoms with Gasteiger partial charge < -0.3 is 9.84 Å². The van der Waals surface area contributed by atoms with Crippen molar-refractivity contribution in [3.8, 4) is 0 Å². The topological polar surface area (TPSA) is 29.5 Å². The molecule has 0 aliphatic heterocycles. The summed E-state index contributed by atoms with van der Waals surface area (Å²) in [5.41, 5.74) is -0.133. The molecule has 1 unspecified atom stereocenters. The van der Waals surface area contributed by atoms with E-state index in [1.54, 1.807) is 0 Å². The van der Waals surface area contributed by atoms with Crippen LogP contribution in [0.2, 0.25) is 0 Å². The Kier molecular flexibility index (Phi) is 6.35. The lowest BCUT2D eigenvalue weighted by Crippen LogP contribution is -2.26. The summed E-state index contributed by atoms with van der Waals surface area (Å²) in [6.07, 6.45) is 4.08. The molecule has 0 rings (SSSR count). The van der Waals surface area contributed by atoms with E-state index in [2.05, 4.69) is 6.92 Å². The molecule has 0 aromatic carbocycles. The van der Waals surface area contributed by atoms with Crippen LogP contribution < -0.4 is 0 Å². The van der Waals surface area contributed by atoms with Gasteiger partial charge in [-0.1, -0.05) is 26.2 Å². The molecule has 0 saturated carbocycles. The molecule has 2 heteroatoms. The molecule has 0 spiro atoms. The van der Waals surface area contributed by atoms with Crippen molar-refractivity contribution in [3.05, 3.63) is 0 Å². The largest absolute Gasteiger partial charge is 0.391 e. The molecule has 0 aliphatic carbocycles. The standard InChI is InChI=1S/C11H24O2/c1-5-6-7-8-10(12)9-13-11(2,3)4/h10,12H,5-9H2,1-4H3. The van der Waals surface area contributed by atoms with Gasteiger partial charge in [0.1, 0.15) is 0 Å². The van der Waals surface area contributed by atoms with E-state index in [-0.39, 0.29) is 11.7 Å². The van der Waals surface area contributed by atoms with Gasteiger partial charge in [0.15, 0.2) is 0 Å². The number of ether oxygens (including phenoxy) is 1. The van der Waals surface area contributed by atoms with E-state index in [1.807, 2.05) is 20.8 Å². The molecule has 0 bridgehead atoms. The first kappa shape index (κ1) is 12.9. The lowest BCUT2D eigenvalue weighted by atomic mass is 10.1. The fourth-order valence-corrected chi connectivity index (χ4v) is 1.06. The molecule has 0 aliphatic rings. The van der Waals surface area contributed by atoms with Gasteiger partial charge in [-0.05, 0) is 27.2 Å². The Morgan fingerprint density at radius 1 is 1.23 bits per heavy atom. The molecule has 0 radical (unpaired) electrons. The van der Waals surface area contributed by atoms with E-state index < -0.39 is 0 Å². The minimum absolute atomic E-state index is 0.133. The SMILES string of the molecule is CCCCCC(O)COC(C)(C)C. The summed E-state index contributed by atoms with van der Waals surface area (Å²) in [5.74, 6) is 0. The normalized spacial score (nSPS) is 14.5. The molecule has 0 aromatic rings. The first-order valence-electron chi connectivity index (χ1n) is 5.27. The van der Waals surface area contributed by atoms with Crippen LogP contribution in [-0.4, -0.2) is 23.4 Å². The minimum atomic E-state index is -0.286. The zero-order chi connectivity index (χ0) is 10.3. The van der Waals surface area contributed by atoms with Gasteiger partial charge in [0, 0.05) is 0 Å². The average Bonchev–Trinajstić information content (AvgIpc) is 2.00. The molecule has 0 fully saturated rings. The maximum absolute atomic E-state index is 9.51. The maximum Gasteiger partial charge on any atom is 0.0774 e. The maximum atomic E-state index is 9.51. The Bertz CT molecular complexity index is 116. The first-order chi connectivity index (χ1) is 5.95. The highest BCUT2D eigenvalue weighted by molar-refractivity contribution is 4.62. The van der Waals surface area contributed by atoms with Crippen LogP contribution in [0, 0.1) is 0 Å². The monoisotopic (exact) mass is 188 g/mol. The molecule has 0 saturated heterocycles. The smallest absolute Gasteiger partial charge is 0.0774 e. The molecule has 80 valence electrons. The van der Waals surface area contributed by atoms with E-state index in [9.17, 15) is 5.11 Å². The van der Waals surface area contributed by atoms with Gasteiger partial charge in [0.05, 0.1) is 18.3 Å². The molecule has 1 atom stereocenters. The summed E-state index contributed by atoms with van der Waals surface area (Å²) in [4.78, 5) is 0. The van der Waals surface area contributed by atoms with Crippen molar-refractivity contribution in [1.29, 1.82) is 0 Å². The zero-order valence-corrected chi connectivity index (χ0v) is 9.47. The van der Waals surface area contributed by atoms with Crippen LogP contribution in [0.1, 0.15) is 53.4 Å². The summed E-state index contributed by atoms with van der Waals surface area (Å²) >= 11 is 0. The van der Waals surface area contributed by atoms with Crippen molar-refractivity contribution < 1.29 is 9.84 Å². The lowest BCUT2D eigenvalue weighted by molar-refractivity contribution is -0.0509. The van der Waals surface area contributed by atoms with Gasteiger partial charge in [-0.25, -0.2) is 0 Å². The van der Waals surface area contributed by atoms with E-state index in [4.69, 9.17) is 4.74 Å². The summed E-state index contributed by atoms with van der Waals surface area (Å²) in [5, 5.41) is 9.51. The van der Waals surface area contributed by atoms with Crippen molar-refractivity contribution in [2.75, 3.05) is 6.61 Å². The second-order valence-corrected chi connectivity index (χ2v) is 4.57. The van der Waals surface area contributed by atoms with Crippen LogP contribution in [-0.2, 0) is 4.74 Å². The van der Waals surface area contributed by atoms with E-state index in [1.165, 1.54) is 12.8 Å². The molecule has 0 heterocycles. The second-order valence-electron chi connectivity index (χ2n) is 4.57.